The van der Waals surface area contributed by atoms with E-state index in [0.717, 1.165) is 50.8 Å². The number of amides is 1. The minimum atomic E-state index is -5.08. The Balaban J connectivity index is 0.000000413. The molecule has 2 aliphatic heterocycles. The summed E-state index contributed by atoms with van der Waals surface area (Å²) < 4.78 is 97.4. The van der Waals surface area contributed by atoms with Crippen molar-refractivity contribution < 1.29 is 74.0 Å². The average molecular weight is 682 g/mol. The maximum absolute atomic E-state index is 12.6. The lowest BCUT2D eigenvalue weighted by atomic mass is 10.3. The molecule has 2 aromatic heterocycles. The van der Waals surface area contributed by atoms with Crippen LogP contribution in [0.25, 0.3) is 0 Å². The van der Waals surface area contributed by atoms with Crippen molar-refractivity contribution >= 4 is 23.8 Å². The fourth-order valence-corrected chi connectivity index (χ4v) is 3.45. The number of aromatic nitrogens is 3. The lowest BCUT2D eigenvalue weighted by Crippen LogP contribution is -2.43. The first-order chi connectivity index (χ1) is 21.0. The van der Waals surface area contributed by atoms with Crippen molar-refractivity contribution in [2.75, 3.05) is 39.8 Å². The Morgan fingerprint density at radius 1 is 0.761 bits per heavy atom. The minimum absolute atomic E-state index is 0.0181. The third-order valence-corrected chi connectivity index (χ3v) is 5.73. The normalized spacial score (nSPS) is 15.5. The minimum Gasteiger partial charge on any atom is -0.475 e. The molecule has 0 spiro atoms. The van der Waals surface area contributed by atoms with E-state index < -0.39 is 36.4 Å². The van der Waals surface area contributed by atoms with E-state index in [1.807, 2.05) is 17.0 Å². The molecule has 3 N–H and O–H groups in total. The van der Waals surface area contributed by atoms with Gasteiger partial charge in [-0.2, -0.15) is 39.5 Å². The summed E-state index contributed by atoms with van der Waals surface area (Å²) in [4.78, 5) is 54.9. The molecular weight excluding hydrogens is 655 g/mol. The van der Waals surface area contributed by atoms with Crippen molar-refractivity contribution in [3.63, 3.8) is 0 Å². The van der Waals surface area contributed by atoms with Crippen molar-refractivity contribution in [3.05, 3.63) is 47.8 Å². The first kappa shape index (κ1) is 39.6. The molecule has 2 aliphatic rings. The number of aliphatic carboxylic acids is 3. The summed E-state index contributed by atoms with van der Waals surface area (Å²) in [6.45, 7) is 7.34. The van der Waals surface area contributed by atoms with Crippen molar-refractivity contribution in [1.82, 2.24) is 29.2 Å². The summed E-state index contributed by atoms with van der Waals surface area (Å²) in [5.74, 6) is -7.32. The lowest BCUT2D eigenvalue weighted by molar-refractivity contribution is -0.193. The molecule has 2 aromatic rings. The molecule has 0 aromatic carbocycles. The largest absolute Gasteiger partial charge is 0.490 e. The molecule has 4 rings (SSSR count). The number of carboxylic acid groups (broad SMARTS) is 3. The van der Waals surface area contributed by atoms with E-state index in [4.69, 9.17) is 34.7 Å². The summed E-state index contributed by atoms with van der Waals surface area (Å²) >= 11 is 0. The Morgan fingerprint density at radius 3 is 1.65 bits per heavy atom. The second-order valence-corrected chi connectivity index (χ2v) is 9.27. The first-order valence-electron chi connectivity index (χ1n) is 12.6. The van der Waals surface area contributed by atoms with Gasteiger partial charge in [0.1, 0.15) is 11.5 Å². The highest BCUT2D eigenvalue weighted by Crippen LogP contribution is 2.17. The van der Waals surface area contributed by atoms with Crippen LogP contribution in [0, 0.1) is 0 Å². The summed E-state index contributed by atoms with van der Waals surface area (Å²) in [7, 11) is 2.17. The van der Waals surface area contributed by atoms with Gasteiger partial charge in [-0.15, -0.1) is 0 Å². The Bertz CT molecular complexity index is 1250. The van der Waals surface area contributed by atoms with Crippen LogP contribution in [0.5, 0.6) is 0 Å². The molecule has 46 heavy (non-hydrogen) atoms. The maximum Gasteiger partial charge on any atom is 0.490 e. The molecule has 0 aliphatic carbocycles. The van der Waals surface area contributed by atoms with Gasteiger partial charge in [0.25, 0.3) is 5.91 Å². The van der Waals surface area contributed by atoms with Crippen LogP contribution in [0.15, 0.2) is 30.6 Å². The molecule has 0 radical (unpaired) electrons. The number of piperazine rings is 1. The number of fused-ring (bicyclic) bond motifs is 1. The number of carbonyl (C=O) groups excluding carboxylic acids is 1. The Kier molecular flexibility index (Phi) is 14.4. The standard InChI is InChI=1S/C18H24N6O.3C2HF3O2/c1-21-6-8-22(9-7-21)12-15-13-23-10-11-24(14-17(23)20-15)18(25)16-4-2-3-5-19-16;3*3-2(4,5)1(6)7/h2-5,13H,6-12,14H2,1H3;3*(H,6,7). The van der Waals surface area contributed by atoms with Gasteiger partial charge in [0.2, 0.25) is 0 Å². The second kappa shape index (κ2) is 16.7. The smallest absolute Gasteiger partial charge is 0.475 e. The van der Waals surface area contributed by atoms with Gasteiger partial charge in [-0.25, -0.2) is 19.4 Å². The van der Waals surface area contributed by atoms with Gasteiger partial charge in [0, 0.05) is 58.2 Å². The molecule has 4 heterocycles. The zero-order valence-corrected chi connectivity index (χ0v) is 23.6. The monoisotopic (exact) mass is 682 g/mol. The van der Waals surface area contributed by atoms with E-state index in [0.29, 0.717) is 18.8 Å². The van der Waals surface area contributed by atoms with Crippen LogP contribution in [0.2, 0.25) is 0 Å². The predicted octanol–water partition coefficient (Wildman–Crippen LogP) is 2.58. The number of hydrogen-bond acceptors (Lipinski definition) is 8. The highest BCUT2D eigenvalue weighted by Gasteiger charge is 2.39. The van der Waals surface area contributed by atoms with Crippen LogP contribution >= 0.6 is 0 Å². The van der Waals surface area contributed by atoms with Crippen molar-refractivity contribution in [1.29, 1.82) is 0 Å². The summed E-state index contributed by atoms with van der Waals surface area (Å²) in [6, 6.07) is 5.44. The number of halogens is 9. The van der Waals surface area contributed by atoms with E-state index in [-0.39, 0.29) is 5.91 Å². The number of likely N-dealkylation sites (N-methyl/N-ethyl adjacent to an activating group) is 1. The quantitative estimate of drug-likeness (QED) is 0.407. The van der Waals surface area contributed by atoms with Crippen LogP contribution in [-0.4, -0.2) is 127 Å². The van der Waals surface area contributed by atoms with Crippen molar-refractivity contribution in [2.24, 2.45) is 0 Å². The highest BCUT2D eigenvalue weighted by atomic mass is 19.4. The number of carboxylic acids is 3. The van der Waals surface area contributed by atoms with E-state index >= 15 is 0 Å². The lowest BCUT2D eigenvalue weighted by Gasteiger charge is -2.31. The molecule has 1 fully saturated rings. The number of alkyl halides is 9. The van der Waals surface area contributed by atoms with Gasteiger partial charge < -0.3 is 29.7 Å². The van der Waals surface area contributed by atoms with Crippen LogP contribution in [0.3, 0.4) is 0 Å². The highest BCUT2D eigenvalue weighted by molar-refractivity contribution is 5.92. The van der Waals surface area contributed by atoms with Gasteiger partial charge in [0.05, 0.1) is 12.2 Å². The molecule has 13 nitrogen and oxygen atoms in total. The fourth-order valence-electron chi connectivity index (χ4n) is 3.45. The van der Waals surface area contributed by atoms with Gasteiger partial charge >= 0.3 is 36.4 Å². The third-order valence-electron chi connectivity index (χ3n) is 5.73. The molecule has 1 amide bonds. The van der Waals surface area contributed by atoms with Crippen molar-refractivity contribution in [2.45, 2.75) is 38.2 Å². The number of hydrogen-bond donors (Lipinski definition) is 3. The number of carbonyl (C=O) groups is 4. The second-order valence-electron chi connectivity index (χ2n) is 9.27. The van der Waals surface area contributed by atoms with E-state index in [1.54, 1.807) is 12.3 Å². The van der Waals surface area contributed by atoms with E-state index in [2.05, 4.69) is 32.6 Å². The van der Waals surface area contributed by atoms with E-state index in [1.165, 1.54) is 0 Å². The number of rotatable bonds is 3. The Labute approximate surface area is 253 Å². The molecule has 0 saturated carbocycles. The number of imidazole rings is 1. The van der Waals surface area contributed by atoms with Gasteiger partial charge in [-0.1, -0.05) is 6.07 Å². The van der Waals surface area contributed by atoms with Crippen LogP contribution in [0.4, 0.5) is 39.5 Å². The zero-order chi connectivity index (χ0) is 35.5. The first-order valence-corrected chi connectivity index (χ1v) is 12.6. The van der Waals surface area contributed by atoms with Gasteiger partial charge in [-0.3, -0.25) is 14.7 Å². The van der Waals surface area contributed by atoms with Crippen LogP contribution in [0.1, 0.15) is 22.0 Å². The van der Waals surface area contributed by atoms with Crippen molar-refractivity contribution in [3.8, 4) is 0 Å². The summed E-state index contributed by atoms with van der Waals surface area (Å²) in [6.07, 6.45) is -11.4. The van der Waals surface area contributed by atoms with Gasteiger partial charge in [-0.05, 0) is 19.2 Å². The summed E-state index contributed by atoms with van der Waals surface area (Å²) in [5.41, 5.74) is 1.60. The molecule has 0 unspecified atom stereocenters. The molecule has 258 valence electrons. The Morgan fingerprint density at radius 2 is 1.24 bits per heavy atom. The number of nitrogens with zero attached hydrogens (tertiary/aromatic N) is 6. The maximum atomic E-state index is 12.6. The number of pyridine rings is 1. The zero-order valence-electron chi connectivity index (χ0n) is 23.6. The molecule has 0 atom stereocenters. The third kappa shape index (κ3) is 14.1. The molecule has 0 bridgehead atoms. The summed E-state index contributed by atoms with van der Waals surface area (Å²) in [5, 5.41) is 21.4. The van der Waals surface area contributed by atoms with Crippen LogP contribution < -0.4 is 0 Å². The fraction of sp³-hybridized carbons (Fsp3) is 0.500. The predicted molar refractivity (Wildman–Crippen MR) is 135 cm³/mol. The SMILES string of the molecule is CN1CCN(Cc2cn3c(n2)CN(C(=O)c2ccccn2)CC3)CC1.O=C(O)C(F)(F)F.O=C(O)C(F)(F)F.O=C(O)C(F)(F)F. The molecule has 22 heteroatoms. The molecular formula is C24H27F9N6O7. The van der Waals surface area contributed by atoms with Crippen LogP contribution in [-0.2, 0) is 34.0 Å². The molecule has 1 saturated heterocycles. The van der Waals surface area contributed by atoms with Gasteiger partial charge in [0.15, 0.2) is 0 Å². The average Bonchev–Trinajstić information content (AvgIpc) is 3.35. The topological polar surface area (TPSA) is 169 Å². The Hall–Kier alpha value is -4.47. The van der Waals surface area contributed by atoms with E-state index in [9.17, 15) is 44.3 Å².